The highest BCUT2D eigenvalue weighted by Gasteiger charge is 2.30. The molecule has 1 N–H and O–H groups in total. The van der Waals surface area contributed by atoms with Gasteiger partial charge in [-0.15, -0.1) is 0 Å². The van der Waals surface area contributed by atoms with Crippen molar-refractivity contribution < 1.29 is 9.18 Å². The van der Waals surface area contributed by atoms with Crippen molar-refractivity contribution in [3.05, 3.63) is 29.6 Å². The Kier molecular flexibility index (Phi) is 3.47. The largest absolute Gasteiger partial charge is 0.359 e. The van der Waals surface area contributed by atoms with Crippen LogP contribution >= 0.6 is 0 Å². The summed E-state index contributed by atoms with van der Waals surface area (Å²) in [5.74, 6) is -0.602. The number of hydrogen-bond donors (Lipinski definition) is 1. The minimum absolute atomic E-state index is 0.0226. The van der Waals surface area contributed by atoms with Crippen molar-refractivity contribution in [1.82, 2.24) is 5.32 Å². The lowest BCUT2D eigenvalue weighted by Gasteiger charge is -2.25. The number of nitriles is 1. The lowest BCUT2D eigenvalue weighted by molar-refractivity contribution is -0.121. The molecule has 1 aliphatic rings. The maximum atomic E-state index is 13.6. The van der Waals surface area contributed by atoms with E-state index in [0.717, 1.165) is 19.4 Å². The highest BCUT2D eigenvalue weighted by atomic mass is 19.1. The van der Waals surface area contributed by atoms with Crippen LogP contribution in [-0.2, 0) is 4.79 Å². The Labute approximate surface area is 105 Å². The van der Waals surface area contributed by atoms with Gasteiger partial charge in [-0.25, -0.2) is 4.39 Å². The molecule has 1 fully saturated rings. The zero-order valence-corrected chi connectivity index (χ0v) is 10.1. The average molecular weight is 247 g/mol. The number of likely N-dealkylation sites (N-methyl/N-ethyl adjacent to an activating group) is 1. The third-order valence-corrected chi connectivity index (χ3v) is 3.21. The summed E-state index contributed by atoms with van der Waals surface area (Å²) >= 11 is 0. The molecule has 0 saturated carbocycles. The van der Waals surface area contributed by atoms with Gasteiger partial charge in [-0.2, -0.15) is 5.26 Å². The van der Waals surface area contributed by atoms with Gasteiger partial charge in [-0.05, 0) is 31.0 Å². The summed E-state index contributed by atoms with van der Waals surface area (Å²) in [5.41, 5.74) is 0.673. The highest BCUT2D eigenvalue weighted by molar-refractivity contribution is 5.85. The molecular formula is C13H14FN3O. The minimum atomic E-state index is -0.544. The van der Waals surface area contributed by atoms with Crippen LogP contribution in [0, 0.1) is 17.1 Å². The average Bonchev–Trinajstić information content (AvgIpc) is 2.86. The molecule has 94 valence electrons. The Morgan fingerprint density at radius 3 is 3.00 bits per heavy atom. The van der Waals surface area contributed by atoms with E-state index in [9.17, 15) is 9.18 Å². The van der Waals surface area contributed by atoms with E-state index in [1.54, 1.807) is 19.2 Å². The van der Waals surface area contributed by atoms with Gasteiger partial charge >= 0.3 is 0 Å². The van der Waals surface area contributed by atoms with Crippen molar-refractivity contribution in [3.63, 3.8) is 0 Å². The maximum absolute atomic E-state index is 13.6. The first kappa shape index (κ1) is 12.4. The summed E-state index contributed by atoms with van der Waals surface area (Å²) in [6.45, 7) is 0.726. The van der Waals surface area contributed by atoms with Crippen LogP contribution in [0.4, 0.5) is 10.1 Å². The number of carbonyl (C=O) groups excluding carboxylic acids is 1. The van der Waals surface area contributed by atoms with Gasteiger partial charge in [-0.1, -0.05) is 0 Å². The fraction of sp³-hybridized carbons (Fsp3) is 0.385. The minimum Gasteiger partial charge on any atom is -0.359 e. The van der Waals surface area contributed by atoms with Crippen LogP contribution in [0.15, 0.2) is 18.2 Å². The van der Waals surface area contributed by atoms with Crippen LogP contribution in [0.1, 0.15) is 18.4 Å². The number of nitrogens with zero attached hydrogens (tertiary/aromatic N) is 2. The topological polar surface area (TPSA) is 56.1 Å². The number of halogens is 1. The number of amides is 1. The highest BCUT2D eigenvalue weighted by Crippen LogP contribution is 2.27. The lowest BCUT2D eigenvalue weighted by atomic mass is 10.1. The van der Waals surface area contributed by atoms with E-state index < -0.39 is 5.82 Å². The predicted molar refractivity (Wildman–Crippen MR) is 65.5 cm³/mol. The number of hydrogen-bond acceptors (Lipinski definition) is 3. The number of carbonyl (C=O) groups is 1. The molecule has 0 aromatic heterocycles. The van der Waals surface area contributed by atoms with Crippen LogP contribution in [0.25, 0.3) is 0 Å². The molecule has 2 rings (SSSR count). The molecule has 0 bridgehead atoms. The van der Waals surface area contributed by atoms with Gasteiger partial charge < -0.3 is 10.2 Å². The van der Waals surface area contributed by atoms with Gasteiger partial charge in [0.1, 0.15) is 17.9 Å². The molecule has 0 radical (unpaired) electrons. The van der Waals surface area contributed by atoms with Crippen LogP contribution < -0.4 is 10.2 Å². The standard InChI is InChI=1S/C13H14FN3O/c1-16-13(18)12-3-2-6-17(12)10-5-4-9(8-15)11(14)7-10/h4-5,7,12H,2-3,6H2,1H3,(H,16,18). The summed E-state index contributed by atoms with van der Waals surface area (Å²) in [5, 5.41) is 11.3. The van der Waals surface area contributed by atoms with E-state index >= 15 is 0 Å². The monoisotopic (exact) mass is 247 g/mol. The Hall–Kier alpha value is -2.09. The molecule has 1 heterocycles. The van der Waals surface area contributed by atoms with E-state index in [0.29, 0.717) is 5.69 Å². The Bertz CT molecular complexity index is 509. The number of nitrogens with one attached hydrogen (secondary N) is 1. The molecule has 0 aliphatic carbocycles. The molecule has 4 nitrogen and oxygen atoms in total. The quantitative estimate of drug-likeness (QED) is 0.859. The molecule has 1 amide bonds. The normalized spacial score (nSPS) is 18.5. The Morgan fingerprint density at radius 2 is 2.39 bits per heavy atom. The first-order chi connectivity index (χ1) is 8.67. The Balaban J connectivity index is 2.28. The summed E-state index contributed by atoms with van der Waals surface area (Å²) < 4.78 is 13.6. The molecule has 1 saturated heterocycles. The third-order valence-electron chi connectivity index (χ3n) is 3.21. The van der Waals surface area contributed by atoms with Crippen molar-refractivity contribution in [3.8, 4) is 6.07 Å². The van der Waals surface area contributed by atoms with Crippen molar-refractivity contribution >= 4 is 11.6 Å². The zero-order chi connectivity index (χ0) is 13.1. The molecule has 18 heavy (non-hydrogen) atoms. The van der Waals surface area contributed by atoms with Gasteiger partial charge in [0.2, 0.25) is 5.91 Å². The fourth-order valence-corrected chi connectivity index (χ4v) is 2.29. The van der Waals surface area contributed by atoms with Crippen LogP contribution in [0.5, 0.6) is 0 Å². The van der Waals surface area contributed by atoms with Crippen molar-refractivity contribution in [1.29, 1.82) is 5.26 Å². The number of anilines is 1. The first-order valence-electron chi connectivity index (χ1n) is 5.85. The van der Waals surface area contributed by atoms with E-state index in [4.69, 9.17) is 5.26 Å². The second-order valence-corrected chi connectivity index (χ2v) is 4.24. The van der Waals surface area contributed by atoms with E-state index in [2.05, 4.69) is 5.32 Å². The van der Waals surface area contributed by atoms with Gasteiger partial charge in [-0.3, -0.25) is 4.79 Å². The van der Waals surface area contributed by atoms with E-state index in [1.807, 2.05) is 4.90 Å². The molecular weight excluding hydrogens is 233 g/mol. The van der Waals surface area contributed by atoms with Crippen LogP contribution in [-0.4, -0.2) is 25.5 Å². The van der Waals surface area contributed by atoms with Crippen molar-refractivity contribution in [2.75, 3.05) is 18.5 Å². The second-order valence-electron chi connectivity index (χ2n) is 4.24. The maximum Gasteiger partial charge on any atom is 0.242 e. The van der Waals surface area contributed by atoms with E-state index in [1.165, 1.54) is 12.1 Å². The second kappa shape index (κ2) is 5.05. The molecule has 1 unspecified atom stereocenters. The van der Waals surface area contributed by atoms with Crippen molar-refractivity contribution in [2.24, 2.45) is 0 Å². The molecule has 1 aromatic carbocycles. The fourth-order valence-electron chi connectivity index (χ4n) is 2.29. The molecule has 1 aliphatic heterocycles. The van der Waals surface area contributed by atoms with Gasteiger partial charge in [0.25, 0.3) is 0 Å². The summed E-state index contributed by atoms with van der Waals surface area (Å²) in [6.07, 6.45) is 1.67. The summed E-state index contributed by atoms with van der Waals surface area (Å²) in [4.78, 5) is 13.6. The summed E-state index contributed by atoms with van der Waals surface area (Å²) in [6, 6.07) is 5.99. The van der Waals surface area contributed by atoms with Crippen molar-refractivity contribution in [2.45, 2.75) is 18.9 Å². The zero-order valence-electron chi connectivity index (χ0n) is 10.1. The third kappa shape index (κ3) is 2.14. The molecule has 5 heteroatoms. The predicted octanol–water partition coefficient (Wildman–Crippen LogP) is 1.41. The van der Waals surface area contributed by atoms with Crippen LogP contribution in [0.3, 0.4) is 0 Å². The lowest BCUT2D eigenvalue weighted by Crippen LogP contribution is -2.42. The van der Waals surface area contributed by atoms with Crippen LogP contribution in [0.2, 0.25) is 0 Å². The first-order valence-corrected chi connectivity index (χ1v) is 5.85. The number of rotatable bonds is 2. The SMILES string of the molecule is CNC(=O)C1CCCN1c1ccc(C#N)c(F)c1. The molecule has 1 atom stereocenters. The number of benzene rings is 1. The van der Waals surface area contributed by atoms with Gasteiger partial charge in [0.05, 0.1) is 5.56 Å². The van der Waals surface area contributed by atoms with E-state index in [-0.39, 0.29) is 17.5 Å². The molecule has 0 spiro atoms. The summed E-state index contributed by atoms with van der Waals surface area (Å²) in [7, 11) is 1.60. The van der Waals surface area contributed by atoms with Gasteiger partial charge in [0.15, 0.2) is 0 Å². The smallest absolute Gasteiger partial charge is 0.242 e. The molecule has 1 aromatic rings. The van der Waals surface area contributed by atoms with Gasteiger partial charge in [0, 0.05) is 19.3 Å². The Morgan fingerprint density at radius 1 is 1.61 bits per heavy atom.